The van der Waals surface area contributed by atoms with Crippen LogP contribution in [0.4, 0.5) is 0 Å². The summed E-state index contributed by atoms with van der Waals surface area (Å²) < 4.78 is 29.8. The lowest BCUT2D eigenvalue weighted by Crippen LogP contribution is -2.29. The number of pyridine rings is 1. The van der Waals surface area contributed by atoms with Gasteiger partial charge in [0, 0.05) is 42.8 Å². The Morgan fingerprint density at radius 1 is 1.21 bits per heavy atom. The molecule has 0 saturated heterocycles. The summed E-state index contributed by atoms with van der Waals surface area (Å²) in [4.78, 5) is 4.65. The molecule has 0 saturated carbocycles. The molecule has 0 radical (unpaired) electrons. The Bertz CT molecular complexity index is 1110. The van der Waals surface area contributed by atoms with Crippen molar-refractivity contribution in [2.24, 2.45) is 27.6 Å². The number of imidazole rings is 1. The van der Waals surface area contributed by atoms with Gasteiger partial charge < -0.3 is 15.9 Å². The van der Waals surface area contributed by atoms with Crippen LogP contribution in [0.2, 0.25) is 0 Å². The lowest BCUT2D eigenvalue weighted by atomic mass is 9.99. The molecule has 2 aromatic heterocycles. The Hall–Kier alpha value is -2.68. The molecule has 1 aromatic carbocycles. The molecular weight excluding hydrogens is 414 g/mol. The van der Waals surface area contributed by atoms with Crippen molar-refractivity contribution >= 4 is 33.5 Å². The zero-order valence-corrected chi connectivity index (χ0v) is 16.9. The van der Waals surface area contributed by atoms with E-state index in [2.05, 4.69) is 20.3 Å². The van der Waals surface area contributed by atoms with Gasteiger partial charge in [-0.05, 0) is 23.8 Å². The number of nitrogens with zero attached hydrogens (tertiary/aromatic N) is 3. The maximum Gasteiger partial charge on any atom is 0.154 e. The predicted molar refractivity (Wildman–Crippen MR) is 113 cm³/mol. The fourth-order valence-corrected chi connectivity index (χ4v) is 4.98. The number of hydrogen-bond acceptors (Lipinski definition) is 7. The summed E-state index contributed by atoms with van der Waals surface area (Å²) in [6.45, 7) is 0.571. The normalized spacial score (nSPS) is 14.1. The van der Waals surface area contributed by atoms with Crippen LogP contribution >= 0.6 is 0 Å². The molecule has 3 rings (SSSR count). The van der Waals surface area contributed by atoms with E-state index in [0.717, 1.165) is 0 Å². The standard InChI is InChI=1S/C16H21N9O2S2/c17-5-6-22-29(27)12-4-3-10(11-2-1-8-25-9-7-21-16(11)25)13(14(12)28(20)26)15(18)23-24-19/h1-4,7-9,22,24H,5-6,17,19-20H2,(H2,18,23). The van der Waals surface area contributed by atoms with Gasteiger partial charge in [0.25, 0.3) is 0 Å². The molecule has 13 heteroatoms. The second kappa shape index (κ2) is 9.21. The topological polar surface area (TPSA) is 192 Å². The summed E-state index contributed by atoms with van der Waals surface area (Å²) in [6.07, 6.45) is 5.28. The van der Waals surface area contributed by atoms with Crippen molar-refractivity contribution in [2.45, 2.75) is 9.79 Å². The number of rotatable bonds is 8. The zero-order chi connectivity index (χ0) is 21.0. The van der Waals surface area contributed by atoms with Gasteiger partial charge in [-0.3, -0.25) is 0 Å². The predicted octanol–water partition coefficient (Wildman–Crippen LogP) is -1.36. The monoisotopic (exact) mass is 435 g/mol. The minimum absolute atomic E-state index is 0.0671. The number of nitrogens with one attached hydrogen (secondary N) is 2. The van der Waals surface area contributed by atoms with E-state index < -0.39 is 22.0 Å². The van der Waals surface area contributed by atoms with Gasteiger partial charge in [0.15, 0.2) is 5.84 Å². The van der Waals surface area contributed by atoms with Crippen LogP contribution in [0.15, 0.2) is 57.7 Å². The van der Waals surface area contributed by atoms with E-state index in [-0.39, 0.29) is 27.7 Å². The van der Waals surface area contributed by atoms with Crippen molar-refractivity contribution in [3.05, 3.63) is 48.4 Å². The van der Waals surface area contributed by atoms with Gasteiger partial charge in [-0.2, -0.15) is 0 Å². The second-order valence-corrected chi connectivity index (χ2v) is 8.04. The van der Waals surface area contributed by atoms with E-state index >= 15 is 0 Å². The van der Waals surface area contributed by atoms with Crippen LogP contribution < -0.4 is 32.7 Å². The smallest absolute Gasteiger partial charge is 0.154 e. The summed E-state index contributed by atoms with van der Waals surface area (Å²) in [7, 11) is -3.75. The Balaban J connectivity index is 2.34. The summed E-state index contributed by atoms with van der Waals surface area (Å²) in [6, 6.07) is 6.94. The van der Waals surface area contributed by atoms with Gasteiger partial charge >= 0.3 is 0 Å². The lowest BCUT2D eigenvalue weighted by Gasteiger charge is -2.17. The minimum Gasteiger partial charge on any atom is -0.382 e. The maximum absolute atomic E-state index is 12.7. The summed E-state index contributed by atoms with van der Waals surface area (Å²) in [5, 5.41) is 9.58. The molecule has 2 unspecified atom stereocenters. The number of hydrogen-bond donors (Lipinski definition) is 6. The largest absolute Gasteiger partial charge is 0.382 e. The number of amidine groups is 1. The maximum atomic E-state index is 12.7. The molecule has 0 spiro atoms. The zero-order valence-electron chi connectivity index (χ0n) is 15.2. The van der Waals surface area contributed by atoms with Gasteiger partial charge in [-0.15, -0.1) is 5.10 Å². The van der Waals surface area contributed by atoms with E-state index in [1.165, 1.54) is 0 Å². The van der Waals surface area contributed by atoms with Crippen molar-refractivity contribution in [3.8, 4) is 11.1 Å². The second-order valence-electron chi connectivity index (χ2n) is 5.77. The number of benzene rings is 1. The van der Waals surface area contributed by atoms with E-state index in [1.54, 1.807) is 24.5 Å². The van der Waals surface area contributed by atoms with Crippen LogP contribution in [0.25, 0.3) is 16.8 Å². The van der Waals surface area contributed by atoms with E-state index in [1.807, 2.05) is 22.7 Å². The molecule has 3 aromatic rings. The lowest BCUT2D eigenvalue weighted by molar-refractivity contribution is 0.666. The van der Waals surface area contributed by atoms with E-state index in [4.69, 9.17) is 22.4 Å². The van der Waals surface area contributed by atoms with Crippen molar-refractivity contribution in [1.82, 2.24) is 19.6 Å². The first-order valence-corrected chi connectivity index (χ1v) is 10.8. The number of hydrazone groups is 1. The molecule has 0 aliphatic carbocycles. The summed E-state index contributed by atoms with van der Waals surface area (Å²) >= 11 is 0. The van der Waals surface area contributed by atoms with Crippen LogP contribution in [0.3, 0.4) is 0 Å². The highest BCUT2D eigenvalue weighted by Crippen LogP contribution is 2.33. The van der Waals surface area contributed by atoms with E-state index in [9.17, 15) is 8.42 Å². The summed E-state index contributed by atoms with van der Waals surface area (Å²) in [5.41, 5.74) is 15.9. The number of aromatic nitrogens is 2. The van der Waals surface area contributed by atoms with Crippen LogP contribution in [-0.4, -0.2) is 36.7 Å². The molecule has 0 bridgehead atoms. The van der Waals surface area contributed by atoms with Crippen molar-refractivity contribution in [3.63, 3.8) is 0 Å². The molecule has 0 aliphatic heterocycles. The highest BCUT2D eigenvalue weighted by atomic mass is 32.2. The molecule has 2 heterocycles. The minimum atomic E-state index is -2.03. The van der Waals surface area contributed by atoms with Gasteiger partial charge in [-0.1, -0.05) is 6.07 Å². The quantitative estimate of drug-likeness (QED) is 0.109. The Morgan fingerprint density at radius 3 is 2.69 bits per heavy atom. The van der Waals surface area contributed by atoms with Crippen LogP contribution in [0.1, 0.15) is 5.56 Å². The number of hydrazine groups is 1. The van der Waals surface area contributed by atoms with Crippen molar-refractivity contribution in [2.75, 3.05) is 13.1 Å². The summed E-state index contributed by atoms with van der Waals surface area (Å²) in [5.74, 6) is 5.22. The first-order valence-electron chi connectivity index (χ1n) is 8.39. The molecule has 29 heavy (non-hydrogen) atoms. The van der Waals surface area contributed by atoms with Crippen molar-refractivity contribution < 1.29 is 8.42 Å². The molecule has 2 atom stereocenters. The van der Waals surface area contributed by atoms with Gasteiger partial charge in [0.2, 0.25) is 0 Å². The van der Waals surface area contributed by atoms with E-state index in [0.29, 0.717) is 23.3 Å². The Kier molecular flexibility index (Phi) is 6.68. The first kappa shape index (κ1) is 21.0. The SMILES string of the molecule is NCCNS(=O)c1ccc(-c2cccn3ccnc23)c(/C(N)=N/NN)c1S(N)=O. The fraction of sp³-hybridized carbons (Fsp3) is 0.125. The van der Waals surface area contributed by atoms with Crippen LogP contribution in [0.5, 0.6) is 0 Å². The molecule has 0 aliphatic rings. The van der Waals surface area contributed by atoms with Gasteiger partial charge in [-0.25, -0.2) is 34.6 Å². The first-order chi connectivity index (χ1) is 14.0. The fourth-order valence-electron chi connectivity index (χ4n) is 2.90. The third-order valence-electron chi connectivity index (χ3n) is 4.05. The highest BCUT2D eigenvalue weighted by molar-refractivity contribution is 7.86. The van der Waals surface area contributed by atoms with Crippen LogP contribution in [0, 0.1) is 0 Å². The Labute approximate surface area is 171 Å². The third-order valence-corrected chi connectivity index (χ3v) is 6.21. The van der Waals surface area contributed by atoms with Crippen LogP contribution in [-0.2, 0) is 22.0 Å². The molecule has 154 valence electrons. The highest BCUT2D eigenvalue weighted by Gasteiger charge is 2.25. The average molecular weight is 436 g/mol. The number of fused-ring (bicyclic) bond motifs is 1. The third kappa shape index (κ3) is 4.19. The van der Waals surface area contributed by atoms with Gasteiger partial charge in [0.1, 0.15) is 27.6 Å². The molecule has 10 N–H and O–H groups in total. The average Bonchev–Trinajstić information content (AvgIpc) is 3.20. The molecule has 11 nitrogen and oxygen atoms in total. The number of nitrogens with two attached hydrogens (primary N) is 4. The van der Waals surface area contributed by atoms with Crippen molar-refractivity contribution in [1.29, 1.82) is 0 Å². The molecule has 0 fully saturated rings. The Morgan fingerprint density at radius 2 is 2.00 bits per heavy atom. The molecule has 0 amide bonds. The van der Waals surface area contributed by atoms with Gasteiger partial charge in [0.05, 0.1) is 9.79 Å². The molecular formula is C16H21N9O2S2.